The largest absolute Gasteiger partial charge is 0.369 e. The van der Waals surface area contributed by atoms with Gasteiger partial charge in [0.15, 0.2) is 5.78 Å². The predicted molar refractivity (Wildman–Crippen MR) is 168 cm³/mol. The summed E-state index contributed by atoms with van der Waals surface area (Å²) in [5.74, 6) is 1.17. The first-order valence-electron chi connectivity index (χ1n) is 15.5. The lowest BCUT2D eigenvalue weighted by molar-refractivity contribution is 0.0895. The maximum absolute atomic E-state index is 13.3. The van der Waals surface area contributed by atoms with Crippen molar-refractivity contribution in [2.45, 2.75) is 38.8 Å². The fourth-order valence-electron chi connectivity index (χ4n) is 7.36. The van der Waals surface area contributed by atoms with E-state index in [9.17, 15) is 10.1 Å². The zero-order valence-electron chi connectivity index (χ0n) is 24.3. The number of aromatic nitrogens is 1. The molecule has 0 radical (unpaired) electrons. The van der Waals surface area contributed by atoms with Gasteiger partial charge in [-0.25, -0.2) is 0 Å². The van der Waals surface area contributed by atoms with Crippen LogP contribution in [0.25, 0.3) is 10.9 Å². The third-order valence-electron chi connectivity index (χ3n) is 9.79. The number of piperidine rings is 1. The van der Waals surface area contributed by atoms with E-state index in [-0.39, 0.29) is 5.92 Å². The minimum Gasteiger partial charge on any atom is -0.369 e. The second-order valence-corrected chi connectivity index (χ2v) is 12.5. The fraction of sp³-hybridized carbons (Fsp3) is 0.389. The molecule has 42 heavy (non-hydrogen) atoms. The maximum Gasteiger partial charge on any atom is 0.166 e. The molecule has 2 aliphatic heterocycles. The Kier molecular flexibility index (Phi) is 7.54. The average molecular weight is 558 g/mol. The van der Waals surface area contributed by atoms with Gasteiger partial charge in [-0.3, -0.25) is 14.6 Å². The van der Waals surface area contributed by atoms with Crippen LogP contribution >= 0.6 is 0 Å². The fourth-order valence-corrected chi connectivity index (χ4v) is 7.36. The molecule has 0 bridgehead atoms. The number of rotatable bonds is 7. The van der Waals surface area contributed by atoms with Crippen LogP contribution in [0.15, 0.2) is 72.9 Å². The Bertz CT molecular complexity index is 1600. The van der Waals surface area contributed by atoms with Crippen molar-refractivity contribution in [3.05, 3.63) is 101 Å². The van der Waals surface area contributed by atoms with E-state index in [0.29, 0.717) is 17.3 Å². The molecule has 1 aliphatic carbocycles. The summed E-state index contributed by atoms with van der Waals surface area (Å²) in [4.78, 5) is 24.2. The summed E-state index contributed by atoms with van der Waals surface area (Å²) < 4.78 is 0. The number of hydrogen-bond acceptors (Lipinski definition) is 5. The van der Waals surface area contributed by atoms with Gasteiger partial charge in [-0.2, -0.15) is 5.26 Å². The van der Waals surface area contributed by atoms with Crippen molar-refractivity contribution in [2.75, 3.05) is 44.2 Å². The number of carbonyl (C=O) groups is 1. The van der Waals surface area contributed by atoms with Crippen LogP contribution in [0.2, 0.25) is 0 Å². The van der Waals surface area contributed by atoms with Gasteiger partial charge in [0.05, 0.1) is 11.6 Å². The van der Waals surface area contributed by atoms with Gasteiger partial charge in [-0.15, -0.1) is 0 Å². The standard InChI is InChI=1S/C36H39N5O/c37-22-28-6-9-35-34(19-28)31(23-38-35)25-40-14-16-41(17-15-40)32-7-8-33-29(21-32)20-30(36(33)42)18-26-10-12-39(13-11-26)24-27-4-2-1-3-5-27/h1-9,19,21,23,26,30,38H,10-18,20,24-25H2. The number of anilines is 1. The monoisotopic (exact) mass is 557 g/mol. The van der Waals surface area contributed by atoms with Gasteiger partial charge in [0.25, 0.3) is 0 Å². The molecule has 3 aliphatic rings. The Hall–Kier alpha value is -3.92. The SMILES string of the molecule is N#Cc1ccc2[nH]cc(CN3CCN(c4ccc5c(c4)CC(CC4CCN(Cc6ccccc6)CC4)C5=O)CC3)c2c1. The van der Waals surface area contributed by atoms with E-state index >= 15 is 0 Å². The minimum atomic E-state index is 0.149. The van der Waals surface area contributed by atoms with Crippen molar-refractivity contribution >= 4 is 22.4 Å². The Morgan fingerprint density at radius 2 is 1.64 bits per heavy atom. The highest BCUT2D eigenvalue weighted by atomic mass is 16.1. The third kappa shape index (κ3) is 5.60. The van der Waals surface area contributed by atoms with E-state index in [1.54, 1.807) is 0 Å². The predicted octanol–water partition coefficient (Wildman–Crippen LogP) is 6.02. The van der Waals surface area contributed by atoms with Crippen molar-refractivity contribution in [3.63, 3.8) is 0 Å². The number of nitriles is 1. The number of nitrogens with zero attached hydrogens (tertiary/aromatic N) is 4. The number of nitrogens with one attached hydrogen (secondary N) is 1. The van der Waals surface area contributed by atoms with Gasteiger partial charge < -0.3 is 9.88 Å². The Balaban J connectivity index is 0.918. The summed E-state index contributed by atoms with van der Waals surface area (Å²) >= 11 is 0. The molecule has 3 heterocycles. The summed E-state index contributed by atoms with van der Waals surface area (Å²) in [5.41, 5.74) is 7.88. The van der Waals surface area contributed by atoms with Crippen molar-refractivity contribution < 1.29 is 4.79 Å². The molecule has 1 N–H and O–H groups in total. The molecule has 0 saturated carbocycles. The molecule has 2 saturated heterocycles. The molecule has 1 atom stereocenters. The molecule has 2 fully saturated rings. The normalized spacial score (nSPS) is 20.2. The van der Waals surface area contributed by atoms with Crippen molar-refractivity contribution in [3.8, 4) is 6.07 Å². The molecule has 0 amide bonds. The number of ketones is 1. The molecule has 7 rings (SSSR count). The van der Waals surface area contributed by atoms with Crippen LogP contribution in [0.5, 0.6) is 0 Å². The van der Waals surface area contributed by atoms with Crippen molar-refractivity contribution in [1.82, 2.24) is 14.8 Å². The van der Waals surface area contributed by atoms with Gasteiger partial charge in [-0.05, 0) is 97.8 Å². The average Bonchev–Trinajstić information content (AvgIpc) is 3.58. The first-order valence-corrected chi connectivity index (χ1v) is 15.5. The summed E-state index contributed by atoms with van der Waals surface area (Å²) in [7, 11) is 0. The van der Waals surface area contributed by atoms with Crippen LogP contribution < -0.4 is 4.90 Å². The molecule has 6 nitrogen and oxygen atoms in total. The third-order valence-corrected chi connectivity index (χ3v) is 9.79. The smallest absolute Gasteiger partial charge is 0.166 e. The van der Waals surface area contributed by atoms with E-state index in [0.717, 1.165) is 81.7 Å². The van der Waals surface area contributed by atoms with E-state index in [1.807, 2.05) is 18.2 Å². The van der Waals surface area contributed by atoms with Crippen molar-refractivity contribution in [2.24, 2.45) is 11.8 Å². The van der Waals surface area contributed by atoms with Crippen molar-refractivity contribution in [1.29, 1.82) is 5.26 Å². The van der Waals surface area contributed by atoms with Crippen LogP contribution in [0, 0.1) is 23.2 Å². The van der Waals surface area contributed by atoms with Crippen LogP contribution in [0.1, 0.15) is 51.9 Å². The van der Waals surface area contributed by atoms with Gasteiger partial charge in [-0.1, -0.05) is 30.3 Å². The number of fused-ring (bicyclic) bond motifs is 2. The summed E-state index contributed by atoms with van der Waals surface area (Å²) in [6, 6.07) is 25.4. The number of aromatic amines is 1. The van der Waals surface area contributed by atoms with E-state index in [1.165, 1.54) is 35.2 Å². The van der Waals surface area contributed by atoms with Crippen LogP contribution in [0.4, 0.5) is 5.69 Å². The Labute approximate surface area is 248 Å². The lowest BCUT2D eigenvalue weighted by atomic mass is 9.85. The molecule has 0 spiro atoms. The molecule has 4 aromatic rings. The van der Waals surface area contributed by atoms with Gasteiger partial charge >= 0.3 is 0 Å². The molecule has 214 valence electrons. The molecule has 6 heteroatoms. The quantitative estimate of drug-likeness (QED) is 0.301. The summed E-state index contributed by atoms with van der Waals surface area (Å²) in [6.45, 7) is 8.11. The van der Waals surface area contributed by atoms with Crippen LogP contribution in [-0.4, -0.2) is 59.8 Å². The van der Waals surface area contributed by atoms with Crippen LogP contribution in [-0.2, 0) is 19.5 Å². The van der Waals surface area contributed by atoms with E-state index < -0.39 is 0 Å². The molecular weight excluding hydrogens is 518 g/mol. The van der Waals surface area contributed by atoms with Gasteiger partial charge in [0, 0.05) is 73.5 Å². The molecular formula is C36H39N5O. The first-order chi connectivity index (χ1) is 20.6. The molecule has 3 aromatic carbocycles. The number of benzene rings is 3. The highest BCUT2D eigenvalue weighted by molar-refractivity contribution is 6.02. The molecule has 1 unspecified atom stereocenters. The number of likely N-dealkylation sites (tertiary alicyclic amines) is 1. The molecule has 1 aromatic heterocycles. The van der Waals surface area contributed by atoms with E-state index in [2.05, 4.69) is 80.5 Å². The number of H-pyrrole nitrogens is 1. The Morgan fingerprint density at radius 1 is 0.857 bits per heavy atom. The lowest BCUT2D eigenvalue weighted by Gasteiger charge is -2.36. The zero-order chi connectivity index (χ0) is 28.5. The maximum atomic E-state index is 13.3. The highest BCUT2D eigenvalue weighted by Gasteiger charge is 2.34. The van der Waals surface area contributed by atoms with Gasteiger partial charge in [0.1, 0.15) is 0 Å². The summed E-state index contributed by atoms with van der Waals surface area (Å²) in [6.07, 6.45) is 6.41. The van der Waals surface area contributed by atoms with Crippen LogP contribution in [0.3, 0.4) is 0 Å². The zero-order valence-corrected chi connectivity index (χ0v) is 24.3. The number of hydrogen-bond donors (Lipinski definition) is 1. The number of piperazine rings is 1. The van der Waals surface area contributed by atoms with Gasteiger partial charge in [0.2, 0.25) is 0 Å². The first kappa shape index (κ1) is 26.9. The van der Waals surface area contributed by atoms with E-state index in [4.69, 9.17) is 0 Å². The topological polar surface area (TPSA) is 66.4 Å². The number of carbonyl (C=O) groups excluding carboxylic acids is 1. The Morgan fingerprint density at radius 3 is 2.43 bits per heavy atom. The summed E-state index contributed by atoms with van der Waals surface area (Å²) in [5, 5.41) is 10.4. The second-order valence-electron chi connectivity index (χ2n) is 12.5. The second kappa shape index (κ2) is 11.8. The highest BCUT2D eigenvalue weighted by Crippen LogP contribution is 2.36. The minimum absolute atomic E-state index is 0.149. The lowest BCUT2D eigenvalue weighted by Crippen LogP contribution is -2.46. The number of Topliss-reactive ketones (excluding diaryl/α,β-unsaturated/α-hetero) is 1.